The molecule has 1 aromatic heterocycles. The maximum atomic E-state index is 11.7. The minimum atomic E-state index is -0.525. The first-order valence-corrected chi connectivity index (χ1v) is 5.09. The molecule has 0 aliphatic heterocycles. The Bertz CT molecular complexity index is 566. The lowest BCUT2D eigenvalue weighted by atomic mass is 10.3. The summed E-state index contributed by atoms with van der Waals surface area (Å²) in [4.78, 5) is 34.1. The highest BCUT2D eigenvalue weighted by molar-refractivity contribution is 5.86. The third-order valence-electron chi connectivity index (χ3n) is 2.16. The number of hydrogen-bond acceptors (Lipinski definition) is 4. The van der Waals surface area contributed by atoms with Gasteiger partial charge < -0.3 is 9.30 Å². The SMILES string of the molecule is CCOC(=O)C=Cc1cn(C)c(=O)n(C)c1=O. The van der Waals surface area contributed by atoms with Crippen molar-refractivity contribution < 1.29 is 9.53 Å². The predicted molar refractivity (Wildman–Crippen MR) is 62.6 cm³/mol. The zero-order valence-corrected chi connectivity index (χ0v) is 9.97. The molecule has 1 heterocycles. The van der Waals surface area contributed by atoms with Crippen LogP contribution in [0.1, 0.15) is 12.5 Å². The van der Waals surface area contributed by atoms with Gasteiger partial charge in [-0.05, 0) is 13.0 Å². The number of aromatic nitrogens is 2. The van der Waals surface area contributed by atoms with Crippen LogP contribution >= 0.6 is 0 Å². The number of carbonyl (C=O) groups excluding carboxylic acids is 1. The van der Waals surface area contributed by atoms with E-state index in [0.29, 0.717) is 0 Å². The second kappa shape index (κ2) is 5.29. The van der Waals surface area contributed by atoms with Crippen molar-refractivity contribution in [1.82, 2.24) is 9.13 Å². The summed E-state index contributed by atoms with van der Waals surface area (Å²) < 4.78 is 6.93. The molecule has 0 aromatic carbocycles. The van der Waals surface area contributed by atoms with Crippen LogP contribution in [0, 0.1) is 0 Å². The fourth-order valence-corrected chi connectivity index (χ4v) is 1.30. The summed E-state index contributed by atoms with van der Waals surface area (Å²) in [5.74, 6) is -0.525. The molecule has 6 nitrogen and oxygen atoms in total. The molecule has 0 bridgehead atoms. The molecule has 0 radical (unpaired) electrons. The van der Waals surface area contributed by atoms with Crippen LogP contribution in [0.5, 0.6) is 0 Å². The third kappa shape index (κ3) is 2.93. The van der Waals surface area contributed by atoms with Crippen LogP contribution in [0.15, 0.2) is 21.9 Å². The summed E-state index contributed by atoms with van der Waals surface area (Å²) in [6.45, 7) is 1.96. The van der Waals surface area contributed by atoms with E-state index in [4.69, 9.17) is 0 Å². The molecule has 92 valence electrons. The van der Waals surface area contributed by atoms with Crippen LogP contribution in [0.2, 0.25) is 0 Å². The van der Waals surface area contributed by atoms with E-state index < -0.39 is 17.2 Å². The van der Waals surface area contributed by atoms with Crippen molar-refractivity contribution in [1.29, 1.82) is 0 Å². The van der Waals surface area contributed by atoms with Gasteiger partial charge in [-0.25, -0.2) is 9.59 Å². The normalized spacial score (nSPS) is 10.8. The minimum absolute atomic E-state index is 0.252. The van der Waals surface area contributed by atoms with E-state index in [0.717, 1.165) is 10.6 Å². The maximum absolute atomic E-state index is 11.7. The van der Waals surface area contributed by atoms with Gasteiger partial charge in [-0.2, -0.15) is 0 Å². The lowest BCUT2D eigenvalue weighted by Crippen LogP contribution is -2.37. The summed E-state index contributed by atoms with van der Waals surface area (Å²) >= 11 is 0. The van der Waals surface area contributed by atoms with E-state index in [1.807, 2.05) is 0 Å². The Morgan fingerprint density at radius 1 is 1.41 bits per heavy atom. The first-order chi connectivity index (χ1) is 7.97. The van der Waals surface area contributed by atoms with Crippen LogP contribution in [-0.4, -0.2) is 21.7 Å². The number of rotatable bonds is 3. The molecule has 0 unspecified atom stereocenters. The molecular formula is C11H14N2O4. The van der Waals surface area contributed by atoms with E-state index in [9.17, 15) is 14.4 Å². The van der Waals surface area contributed by atoms with Crippen molar-refractivity contribution in [2.75, 3.05) is 6.61 Å². The zero-order valence-electron chi connectivity index (χ0n) is 9.97. The largest absolute Gasteiger partial charge is 0.463 e. The van der Waals surface area contributed by atoms with Crippen molar-refractivity contribution >= 4 is 12.0 Å². The Hall–Kier alpha value is -2.11. The van der Waals surface area contributed by atoms with Gasteiger partial charge in [0.25, 0.3) is 5.56 Å². The number of nitrogens with zero attached hydrogens (tertiary/aromatic N) is 2. The summed E-state index contributed by atoms with van der Waals surface area (Å²) in [5, 5.41) is 0. The Labute approximate surface area is 97.8 Å². The van der Waals surface area contributed by atoms with E-state index >= 15 is 0 Å². The molecule has 0 saturated heterocycles. The molecule has 0 atom stereocenters. The lowest BCUT2D eigenvalue weighted by molar-refractivity contribution is -0.137. The molecule has 1 aromatic rings. The highest BCUT2D eigenvalue weighted by Crippen LogP contribution is 1.93. The van der Waals surface area contributed by atoms with Gasteiger partial charge in [0.05, 0.1) is 12.2 Å². The average Bonchev–Trinajstić information content (AvgIpc) is 2.30. The lowest BCUT2D eigenvalue weighted by Gasteiger charge is -2.03. The van der Waals surface area contributed by atoms with Crippen molar-refractivity contribution in [3.05, 3.63) is 38.7 Å². The van der Waals surface area contributed by atoms with E-state index in [1.54, 1.807) is 6.92 Å². The topological polar surface area (TPSA) is 70.3 Å². The Morgan fingerprint density at radius 3 is 2.65 bits per heavy atom. The van der Waals surface area contributed by atoms with Crippen LogP contribution in [0.4, 0.5) is 0 Å². The van der Waals surface area contributed by atoms with Crippen molar-refractivity contribution in [3.63, 3.8) is 0 Å². The van der Waals surface area contributed by atoms with E-state index in [2.05, 4.69) is 4.74 Å². The smallest absolute Gasteiger partial charge is 0.330 e. The minimum Gasteiger partial charge on any atom is -0.463 e. The second-order valence-corrected chi connectivity index (χ2v) is 3.43. The van der Waals surface area contributed by atoms with Gasteiger partial charge in [-0.1, -0.05) is 0 Å². The first-order valence-electron chi connectivity index (χ1n) is 5.09. The highest BCUT2D eigenvalue weighted by Gasteiger charge is 2.04. The van der Waals surface area contributed by atoms with Crippen LogP contribution in [0.25, 0.3) is 6.08 Å². The molecule has 1 rings (SSSR count). The summed E-state index contributed by atoms with van der Waals surface area (Å²) in [7, 11) is 2.91. The fourth-order valence-electron chi connectivity index (χ4n) is 1.30. The molecule has 0 fully saturated rings. The molecular weight excluding hydrogens is 224 g/mol. The van der Waals surface area contributed by atoms with Crippen LogP contribution in [-0.2, 0) is 23.6 Å². The van der Waals surface area contributed by atoms with Gasteiger partial charge in [0.15, 0.2) is 0 Å². The Balaban J connectivity index is 3.13. The Kier molecular flexibility index (Phi) is 4.03. The Morgan fingerprint density at radius 2 is 2.06 bits per heavy atom. The molecule has 0 amide bonds. The average molecular weight is 238 g/mol. The number of esters is 1. The second-order valence-electron chi connectivity index (χ2n) is 3.43. The number of ether oxygens (including phenoxy) is 1. The number of aryl methyl sites for hydroxylation is 1. The van der Waals surface area contributed by atoms with Gasteiger partial charge >= 0.3 is 11.7 Å². The van der Waals surface area contributed by atoms with Gasteiger partial charge in [-0.3, -0.25) is 9.36 Å². The monoisotopic (exact) mass is 238 g/mol. The van der Waals surface area contributed by atoms with Gasteiger partial charge in [0, 0.05) is 26.4 Å². The summed E-state index contributed by atoms with van der Waals surface area (Å²) in [5.41, 5.74) is -0.611. The van der Waals surface area contributed by atoms with Gasteiger partial charge in [-0.15, -0.1) is 0 Å². The van der Waals surface area contributed by atoms with Crippen molar-refractivity contribution in [3.8, 4) is 0 Å². The van der Waals surface area contributed by atoms with Crippen LogP contribution in [0.3, 0.4) is 0 Å². The highest BCUT2D eigenvalue weighted by atomic mass is 16.5. The molecule has 0 saturated carbocycles. The van der Waals surface area contributed by atoms with E-state index in [-0.39, 0.29) is 12.2 Å². The van der Waals surface area contributed by atoms with E-state index in [1.165, 1.54) is 30.9 Å². The number of hydrogen-bond donors (Lipinski definition) is 0. The molecule has 0 N–H and O–H groups in total. The zero-order chi connectivity index (χ0) is 13.0. The molecule has 17 heavy (non-hydrogen) atoms. The van der Waals surface area contributed by atoms with Crippen molar-refractivity contribution in [2.45, 2.75) is 6.92 Å². The summed E-state index contributed by atoms with van der Waals surface area (Å²) in [6.07, 6.45) is 3.87. The fraction of sp³-hybridized carbons (Fsp3) is 0.364. The quantitative estimate of drug-likeness (QED) is 0.533. The molecule has 0 aliphatic rings. The maximum Gasteiger partial charge on any atom is 0.330 e. The van der Waals surface area contributed by atoms with Crippen molar-refractivity contribution in [2.24, 2.45) is 14.1 Å². The standard InChI is InChI=1S/C11H14N2O4/c1-4-17-9(14)6-5-8-7-12(2)11(16)13(3)10(8)15/h5-7H,4H2,1-3H3. The molecule has 0 spiro atoms. The first kappa shape index (κ1) is 13.0. The summed E-state index contributed by atoms with van der Waals surface area (Å²) in [6, 6.07) is 0. The molecule has 0 aliphatic carbocycles. The molecule has 6 heteroatoms. The third-order valence-corrected chi connectivity index (χ3v) is 2.16. The van der Waals surface area contributed by atoms with Gasteiger partial charge in [0.2, 0.25) is 0 Å². The predicted octanol–water partition coefficient (Wildman–Crippen LogP) is -0.340. The van der Waals surface area contributed by atoms with Gasteiger partial charge in [0.1, 0.15) is 0 Å². The van der Waals surface area contributed by atoms with Crippen LogP contribution < -0.4 is 11.2 Å². The number of carbonyl (C=O) groups is 1.